The van der Waals surface area contributed by atoms with Crippen molar-refractivity contribution in [3.8, 4) is 5.75 Å². The van der Waals surface area contributed by atoms with Crippen LogP contribution >= 0.6 is 11.8 Å². The van der Waals surface area contributed by atoms with Crippen molar-refractivity contribution in [1.82, 2.24) is 10.2 Å². The van der Waals surface area contributed by atoms with Gasteiger partial charge in [-0.05, 0) is 36.6 Å². The van der Waals surface area contributed by atoms with E-state index in [2.05, 4.69) is 10.2 Å². The van der Waals surface area contributed by atoms with Gasteiger partial charge in [0.1, 0.15) is 11.6 Å². The molecule has 0 radical (unpaired) electrons. The van der Waals surface area contributed by atoms with Crippen LogP contribution in [0.25, 0.3) is 0 Å². The number of sulfone groups is 1. The average Bonchev–Trinajstić information content (AvgIpc) is 3.12. The number of hydrogen-bond donors (Lipinski definition) is 0. The lowest BCUT2D eigenvalue weighted by Crippen LogP contribution is -2.07. The molecule has 0 amide bonds. The molecule has 6 nitrogen and oxygen atoms in total. The first-order valence-corrected chi connectivity index (χ1v) is 10.3. The highest BCUT2D eigenvalue weighted by Crippen LogP contribution is 2.24. The quantitative estimate of drug-likeness (QED) is 0.545. The average molecular weight is 372 g/mol. The van der Waals surface area contributed by atoms with E-state index in [4.69, 9.17) is 9.15 Å². The number of aromatic nitrogens is 2. The number of hydrogen-bond acceptors (Lipinski definition) is 7. The first kappa shape index (κ1) is 17.2. The summed E-state index contributed by atoms with van der Waals surface area (Å²) in [6.07, 6.45) is 1.15. The zero-order chi connectivity index (χ0) is 17.0. The zero-order valence-electron chi connectivity index (χ0n) is 12.9. The molecule has 1 aliphatic heterocycles. The Bertz CT molecular complexity index is 777. The Morgan fingerprint density at radius 3 is 2.79 bits per heavy atom. The smallest absolute Gasteiger partial charge is 0.276 e. The van der Waals surface area contributed by atoms with Gasteiger partial charge in [0.25, 0.3) is 5.22 Å². The lowest BCUT2D eigenvalue weighted by atomic mass is 10.1. The van der Waals surface area contributed by atoms with E-state index in [0.717, 1.165) is 0 Å². The molecule has 0 saturated carbocycles. The molecular weight excluding hydrogens is 355 g/mol. The summed E-state index contributed by atoms with van der Waals surface area (Å²) in [5.41, 5.74) is 0. The van der Waals surface area contributed by atoms with Gasteiger partial charge in [-0.3, -0.25) is 0 Å². The standard InChI is InChI=1S/C15H17FN2O4S2/c16-12-1-3-13(4-2-12)21-6-7-23-15-18-17-14(22-15)9-11-5-8-24(19,20)10-11/h1-4,11H,5-10H2/t11-/m0/s1. The van der Waals surface area contributed by atoms with Crippen LogP contribution in [0, 0.1) is 11.7 Å². The molecule has 1 fully saturated rings. The van der Waals surface area contributed by atoms with Crippen molar-refractivity contribution in [3.05, 3.63) is 36.0 Å². The Hall–Kier alpha value is -1.61. The second kappa shape index (κ2) is 7.52. The minimum Gasteiger partial charge on any atom is -0.493 e. The van der Waals surface area contributed by atoms with Crippen molar-refractivity contribution < 1.29 is 22.0 Å². The number of nitrogens with zero attached hydrogens (tertiary/aromatic N) is 2. The summed E-state index contributed by atoms with van der Waals surface area (Å²) >= 11 is 1.36. The fourth-order valence-corrected chi connectivity index (χ4v) is 4.94. The van der Waals surface area contributed by atoms with Gasteiger partial charge in [0, 0.05) is 12.2 Å². The monoisotopic (exact) mass is 372 g/mol. The Labute approximate surface area is 143 Å². The highest BCUT2D eigenvalue weighted by Gasteiger charge is 2.29. The predicted octanol–water partition coefficient (Wildman–Crippen LogP) is 2.36. The molecule has 2 aromatic rings. The number of thioether (sulfide) groups is 1. The van der Waals surface area contributed by atoms with Crippen LogP contribution in [0.4, 0.5) is 4.39 Å². The molecule has 2 heterocycles. The van der Waals surface area contributed by atoms with Gasteiger partial charge >= 0.3 is 0 Å². The van der Waals surface area contributed by atoms with Crippen molar-refractivity contribution in [1.29, 1.82) is 0 Å². The van der Waals surface area contributed by atoms with Crippen LogP contribution in [0.1, 0.15) is 12.3 Å². The van der Waals surface area contributed by atoms with Crippen molar-refractivity contribution in [2.45, 2.75) is 18.1 Å². The Balaban J connectivity index is 1.40. The summed E-state index contributed by atoms with van der Waals surface area (Å²) in [6.45, 7) is 0.425. The summed E-state index contributed by atoms with van der Waals surface area (Å²) in [7, 11) is -2.89. The van der Waals surface area contributed by atoms with Crippen molar-refractivity contribution in [3.63, 3.8) is 0 Å². The topological polar surface area (TPSA) is 82.3 Å². The molecular formula is C15H17FN2O4S2. The van der Waals surface area contributed by atoms with Crippen LogP contribution < -0.4 is 4.74 Å². The summed E-state index contributed by atoms with van der Waals surface area (Å²) in [6, 6.07) is 5.83. The third-order valence-corrected chi connectivity index (χ3v) is 6.25. The summed E-state index contributed by atoms with van der Waals surface area (Å²) in [5, 5.41) is 8.34. The SMILES string of the molecule is O=S1(=O)CC[C@@H](Cc2nnc(SCCOc3ccc(F)cc3)o2)C1. The summed E-state index contributed by atoms with van der Waals surface area (Å²) < 4.78 is 46.6. The third kappa shape index (κ3) is 4.94. The molecule has 3 rings (SSSR count). The molecule has 0 unspecified atom stereocenters. The predicted molar refractivity (Wildman–Crippen MR) is 87.4 cm³/mol. The maximum absolute atomic E-state index is 12.8. The number of rotatable bonds is 7. The Morgan fingerprint density at radius 1 is 1.29 bits per heavy atom. The molecule has 1 atom stereocenters. The van der Waals surface area contributed by atoms with Crippen LogP contribution in [0.15, 0.2) is 33.9 Å². The Kier molecular flexibility index (Phi) is 5.40. The van der Waals surface area contributed by atoms with E-state index in [9.17, 15) is 12.8 Å². The molecule has 1 saturated heterocycles. The van der Waals surface area contributed by atoms with E-state index < -0.39 is 9.84 Å². The van der Waals surface area contributed by atoms with Crippen molar-refractivity contribution >= 4 is 21.6 Å². The molecule has 0 bridgehead atoms. The zero-order valence-corrected chi connectivity index (χ0v) is 14.5. The lowest BCUT2D eigenvalue weighted by Gasteiger charge is -2.04. The second-order valence-electron chi connectivity index (χ2n) is 5.59. The fourth-order valence-electron chi connectivity index (χ4n) is 2.48. The van der Waals surface area contributed by atoms with E-state index in [1.165, 1.54) is 23.9 Å². The largest absolute Gasteiger partial charge is 0.493 e. The molecule has 0 N–H and O–H groups in total. The minimum absolute atomic E-state index is 0.0649. The van der Waals surface area contributed by atoms with Crippen molar-refractivity contribution in [2.24, 2.45) is 5.92 Å². The normalized spacial score (nSPS) is 19.5. The second-order valence-corrected chi connectivity index (χ2v) is 8.86. The van der Waals surface area contributed by atoms with Crippen LogP contribution in [0.3, 0.4) is 0 Å². The number of halogens is 1. The van der Waals surface area contributed by atoms with Gasteiger partial charge in [0.15, 0.2) is 9.84 Å². The highest BCUT2D eigenvalue weighted by molar-refractivity contribution is 7.99. The van der Waals surface area contributed by atoms with Gasteiger partial charge in [-0.25, -0.2) is 12.8 Å². The molecule has 0 spiro atoms. The van der Waals surface area contributed by atoms with E-state index in [-0.39, 0.29) is 23.2 Å². The summed E-state index contributed by atoms with van der Waals surface area (Å²) in [5.74, 6) is 1.89. The van der Waals surface area contributed by atoms with Crippen molar-refractivity contribution in [2.75, 3.05) is 23.9 Å². The van der Waals surface area contributed by atoms with Crippen LogP contribution in [0.5, 0.6) is 5.75 Å². The highest BCUT2D eigenvalue weighted by atomic mass is 32.2. The van der Waals surface area contributed by atoms with E-state index >= 15 is 0 Å². The molecule has 0 aliphatic carbocycles. The van der Waals surface area contributed by atoms with Gasteiger partial charge in [-0.2, -0.15) is 0 Å². The molecule has 1 aliphatic rings. The van der Waals surface area contributed by atoms with Crippen LogP contribution in [0.2, 0.25) is 0 Å². The van der Waals surface area contributed by atoms with E-state index in [1.54, 1.807) is 12.1 Å². The van der Waals surface area contributed by atoms with Crippen LogP contribution in [-0.4, -0.2) is 42.5 Å². The fraction of sp³-hybridized carbons (Fsp3) is 0.467. The van der Waals surface area contributed by atoms with Crippen LogP contribution in [-0.2, 0) is 16.3 Å². The first-order chi connectivity index (χ1) is 11.5. The third-order valence-electron chi connectivity index (χ3n) is 3.63. The lowest BCUT2D eigenvalue weighted by molar-refractivity contribution is 0.342. The molecule has 1 aromatic carbocycles. The maximum Gasteiger partial charge on any atom is 0.276 e. The minimum atomic E-state index is -2.89. The van der Waals surface area contributed by atoms with Gasteiger partial charge in [-0.15, -0.1) is 10.2 Å². The molecule has 9 heteroatoms. The van der Waals surface area contributed by atoms with Gasteiger partial charge in [0.05, 0.1) is 18.1 Å². The number of benzene rings is 1. The van der Waals surface area contributed by atoms with Gasteiger partial charge in [0.2, 0.25) is 5.89 Å². The van der Waals surface area contributed by atoms with E-state index in [1.807, 2.05) is 0 Å². The molecule has 130 valence electrons. The first-order valence-electron chi connectivity index (χ1n) is 7.54. The van der Waals surface area contributed by atoms with Gasteiger partial charge < -0.3 is 9.15 Å². The molecule has 1 aromatic heterocycles. The summed E-state index contributed by atoms with van der Waals surface area (Å²) in [4.78, 5) is 0. The van der Waals surface area contributed by atoms with Gasteiger partial charge in [-0.1, -0.05) is 11.8 Å². The number of ether oxygens (including phenoxy) is 1. The molecule has 24 heavy (non-hydrogen) atoms. The Morgan fingerprint density at radius 2 is 2.08 bits per heavy atom. The maximum atomic E-state index is 12.8. The van der Waals surface area contributed by atoms with E-state index in [0.29, 0.717) is 42.1 Å².